The molecule has 7 atom stereocenters. The van der Waals surface area contributed by atoms with Gasteiger partial charge in [-0.15, -0.1) is 0 Å². The molecule has 0 aromatic heterocycles. The van der Waals surface area contributed by atoms with Crippen molar-refractivity contribution in [2.24, 2.45) is 35.0 Å². The van der Waals surface area contributed by atoms with Crippen molar-refractivity contribution in [2.75, 3.05) is 7.11 Å². The first-order valence-electron chi connectivity index (χ1n) is 11.8. The van der Waals surface area contributed by atoms with Crippen molar-refractivity contribution in [3.05, 3.63) is 11.6 Å². The zero-order chi connectivity index (χ0) is 22.3. The number of fused-ring (bicyclic) bond motifs is 3. The summed E-state index contributed by atoms with van der Waals surface area (Å²) in [4.78, 5) is 51.3. The summed E-state index contributed by atoms with van der Waals surface area (Å²) in [6.45, 7) is 3.29. The highest BCUT2D eigenvalue weighted by atomic mass is 16.5. The van der Waals surface area contributed by atoms with E-state index in [0.717, 1.165) is 25.7 Å². The van der Waals surface area contributed by atoms with Gasteiger partial charge in [0.2, 0.25) is 0 Å². The molecule has 0 N–H and O–H groups in total. The zero-order valence-corrected chi connectivity index (χ0v) is 18.9. The van der Waals surface area contributed by atoms with Gasteiger partial charge < -0.3 is 9.47 Å². The van der Waals surface area contributed by atoms with E-state index in [-0.39, 0.29) is 41.7 Å². The minimum atomic E-state index is -0.942. The van der Waals surface area contributed by atoms with Crippen molar-refractivity contribution in [2.45, 2.75) is 77.7 Å². The fraction of sp³-hybridized carbons (Fsp3) is 0.760. The van der Waals surface area contributed by atoms with Crippen LogP contribution in [0, 0.1) is 35.0 Å². The van der Waals surface area contributed by atoms with Gasteiger partial charge >= 0.3 is 11.9 Å². The van der Waals surface area contributed by atoms with Crippen molar-refractivity contribution < 1.29 is 28.7 Å². The van der Waals surface area contributed by atoms with Gasteiger partial charge in [-0.2, -0.15) is 0 Å². The second kappa shape index (κ2) is 8.51. The smallest absolute Gasteiger partial charge is 0.309 e. The topological polar surface area (TPSA) is 86.7 Å². The molecule has 0 aliphatic heterocycles. The van der Waals surface area contributed by atoms with Gasteiger partial charge in [0.25, 0.3) is 0 Å². The highest BCUT2D eigenvalue weighted by Crippen LogP contribution is 2.59. The van der Waals surface area contributed by atoms with Crippen LogP contribution in [-0.2, 0) is 28.7 Å². The van der Waals surface area contributed by atoms with Crippen LogP contribution in [0.3, 0.4) is 0 Å². The van der Waals surface area contributed by atoms with E-state index < -0.39 is 29.3 Å². The molecule has 4 rings (SSSR count). The van der Waals surface area contributed by atoms with Crippen molar-refractivity contribution >= 4 is 23.5 Å². The van der Waals surface area contributed by atoms with Crippen LogP contribution < -0.4 is 0 Å². The summed E-state index contributed by atoms with van der Waals surface area (Å²) in [5, 5.41) is 0. The average molecular weight is 431 g/mol. The Bertz CT molecular complexity index is 813. The van der Waals surface area contributed by atoms with Crippen LogP contribution in [0.2, 0.25) is 0 Å². The van der Waals surface area contributed by atoms with Crippen molar-refractivity contribution in [1.29, 1.82) is 0 Å². The first kappa shape index (κ1) is 22.2. The van der Waals surface area contributed by atoms with Gasteiger partial charge in [0.1, 0.15) is 5.78 Å². The largest absolute Gasteiger partial charge is 0.469 e. The Kier molecular flexibility index (Phi) is 6.10. The van der Waals surface area contributed by atoms with Crippen molar-refractivity contribution in [3.8, 4) is 0 Å². The summed E-state index contributed by atoms with van der Waals surface area (Å²) < 4.78 is 10.5. The monoisotopic (exact) mass is 430 g/mol. The first-order chi connectivity index (χ1) is 14.8. The lowest BCUT2D eigenvalue weighted by atomic mass is 9.46. The van der Waals surface area contributed by atoms with Crippen molar-refractivity contribution in [3.63, 3.8) is 0 Å². The number of hydrogen-bond donors (Lipinski definition) is 0. The standard InChI is InChI=1S/C25H34O6/c1-14(26)31-21-13-19(24(29)30-3)25(2)10-9-17-18(22(25)23(21)28)11-16(12-20(17)27)15-7-5-4-6-8-15/h7,16-19,21-22H,4-6,8-13H2,1-3H3/t16-,17-,18+,19+,21+,22+,25+/m1/s1. The second-order valence-corrected chi connectivity index (χ2v) is 10.2. The number of ether oxygens (including phenoxy) is 2. The Labute approximate surface area is 184 Å². The molecule has 0 spiro atoms. The van der Waals surface area contributed by atoms with Crippen LogP contribution in [0.1, 0.15) is 71.6 Å². The molecule has 0 aromatic carbocycles. The number of methoxy groups -OCH3 is 1. The molecule has 0 radical (unpaired) electrons. The van der Waals surface area contributed by atoms with Crippen LogP contribution in [0.5, 0.6) is 0 Å². The van der Waals surface area contributed by atoms with E-state index in [1.165, 1.54) is 26.0 Å². The third-order valence-electron chi connectivity index (χ3n) is 8.58. The van der Waals surface area contributed by atoms with Gasteiger partial charge in [-0.05, 0) is 62.2 Å². The Morgan fingerprint density at radius 3 is 2.58 bits per heavy atom. The third kappa shape index (κ3) is 3.87. The average Bonchev–Trinajstić information content (AvgIpc) is 2.75. The maximum atomic E-state index is 13.6. The minimum absolute atomic E-state index is 0.106. The highest BCUT2D eigenvalue weighted by Gasteiger charge is 2.62. The summed E-state index contributed by atoms with van der Waals surface area (Å²) in [6, 6.07) is 0. The van der Waals surface area contributed by atoms with E-state index in [2.05, 4.69) is 6.08 Å². The predicted molar refractivity (Wildman–Crippen MR) is 113 cm³/mol. The number of rotatable bonds is 3. The van der Waals surface area contributed by atoms with E-state index >= 15 is 0 Å². The van der Waals surface area contributed by atoms with E-state index in [9.17, 15) is 19.2 Å². The molecule has 6 heteroatoms. The van der Waals surface area contributed by atoms with E-state index in [0.29, 0.717) is 19.3 Å². The van der Waals surface area contributed by atoms with Crippen LogP contribution in [0.15, 0.2) is 11.6 Å². The predicted octanol–water partition coefficient (Wildman–Crippen LogP) is 3.81. The fourth-order valence-corrected chi connectivity index (χ4v) is 7.12. The molecule has 0 amide bonds. The van der Waals surface area contributed by atoms with E-state index in [4.69, 9.17) is 9.47 Å². The molecular formula is C25H34O6. The Hall–Kier alpha value is -1.98. The van der Waals surface area contributed by atoms with Gasteiger partial charge in [-0.1, -0.05) is 18.6 Å². The summed E-state index contributed by atoms with van der Waals surface area (Å²) >= 11 is 0. The van der Waals surface area contributed by atoms with Gasteiger partial charge in [-0.25, -0.2) is 0 Å². The van der Waals surface area contributed by atoms with Gasteiger partial charge in [0.15, 0.2) is 11.9 Å². The fourth-order valence-electron chi connectivity index (χ4n) is 7.12. The van der Waals surface area contributed by atoms with Crippen LogP contribution in [0.25, 0.3) is 0 Å². The number of Topliss-reactive ketones (excluding diaryl/α,β-unsaturated/α-hetero) is 2. The number of hydrogen-bond acceptors (Lipinski definition) is 6. The maximum Gasteiger partial charge on any atom is 0.309 e. The lowest BCUT2D eigenvalue weighted by molar-refractivity contribution is -0.183. The SMILES string of the molecule is COC(=O)[C@@H]1C[C@H](OC(C)=O)C(=O)[C@@H]2[C@H]3C[C@@H](C4=CCCCC4)CC(=O)[C@@H]3CC[C@]21C. The Morgan fingerprint density at radius 2 is 1.94 bits per heavy atom. The molecule has 4 aliphatic carbocycles. The van der Waals surface area contributed by atoms with Crippen LogP contribution >= 0.6 is 0 Å². The van der Waals surface area contributed by atoms with Gasteiger partial charge in [-0.3, -0.25) is 19.2 Å². The maximum absolute atomic E-state index is 13.6. The highest BCUT2D eigenvalue weighted by molar-refractivity contribution is 5.93. The summed E-state index contributed by atoms with van der Waals surface area (Å²) in [5.74, 6) is -1.78. The Balaban J connectivity index is 1.70. The second-order valence-electron chi connectivity index (χ2n) is 10.2. The molecule has 0 unspecified atom stereocenters. The summed E-state index contributed by atoms with van der Waals surface area (Å²) in [7, 11) is 1.36. The summed E-state index contributed by atoms with van der Waals surface area (Å²) in [5.41, 5.74) is 0.792. The van der Waals surface area contributed by atoms with Gasteiger partial charge in [0.05, 0.1) is 13.0 Å². The quantitative estimate of drug-likeness (QED) is 0.500. The molecule has 0 bridgehead atoms. The molecular weight excluding hydrogens is 396 g/mol. The lowest BCUT2D eigenvalue weighted by Crippen LogP contribution is -2.60. The molecule has 3 fully saturated rings. The number of carbonyl (C=O) groups excluding carboxylic acids is 4. The molecule has 4 aliphatic rings. The minimum Gasteiger partial charge on any atom is -0.469 e. The normalized spacial score (nSPS) is 40.3. The van der Waals surface area contributed by atoms with E-state index in [1.54, 1.807) is 0 Å². The number of esters is 2. The zero-order valence-electron chi connectivity index (χ0n) is 18.9. The summed E-state index contributed by atoms with van der Waals surface area (Å²) in [6.07, 6.45) is 8.68. The lowest BCUT2D eigenvalue weighted by Gasteiger charge is -2.56. The number of allylic oxidation sites excluding steroid dienone is 2. The van der Waals surface area contributed by atoms with E-state index in [1.807, 2.05) is 6.92 Å². The van der Waals surface area contributed by atoms with Crippen LogP contribution in [-0.4, -0.2) is 36.7 Å². The third-order valence-corrected chi connectivity index (χ3v) is 8.58. The molecule has 31 heavy (non-hydrogen) atoms. The number of carbonyl (C=O) groups is 4. The molecule has 170 valence electrons. The molecule has 0 heterocycles. The van der Waals surface area contributed by atoms with Crippen molar-refractivity contribution in [1.82, 2.24) is 0 Å². The van der Waals surface area contributed by atoms with Gasteiger partial charge in [0, 0.05) is 31.6 Å². The number of ketones is 2. The molecule has 0 saturated heterocycles. The molecule has 3 saturated carbocycles. The Morgan fingerprint density at radius 1 is 1.16 bits per heavy atom. The molecule has 0 aromatic rings. The molecule has 6 nitrogen and oxygen atoms in total. The van der Waals surface area contributed by atoms with Crippen LogP contribution in [0.4, 0.5) is 0 Å². The first-order valence-corrected chi connectivity index (χ1v) is 11.8.